The number of guanidine groups is 1. The molecule has 1 aliphatic carbocycles. The normalized spacial score (nSPS) is 18.9. The third-order valence-electron chi connectivity index (χ3n) is 5.61. The van der Waals surface area contributed by atoms with Crippen molar-refractivity contribution in [2.24, 2.45) is 4.99 Å². The second-order valence-corrected chi connectivity index (χ2v) is 8.09. The maximum absolute atomic E-state index is 11.9. The summed E-state index contributed by atoms with van der Waals surface area (Å²) in [4.78, 5) is 25.0. The lowest BCUT2D eigenvalue weighted by atomic mass is 10.0. The number of aliphatic imine (C=N–C) groups is 1. The number of halogens is 1. The maximum Gasteiger partial charge on any atom is 0.243 e. The fourth-order valence-corrected chi connectivity index (χ4v) is 3.83. The highest BCUT2D eigenvalue weighted by molar-refractivity contribution is 14.0. The van der Waals surface area contributed by atoms with Gasteiger partial charge in [0.05, 0.1) is 5.69 Å². The van der Waals surface area contributed by atoms with Gasteiger partial charge in [-0.25, -0.2) is 4.99 Å². The topological polar surface area (TPSA) is 72.9 Å². The van der Waals surface area contributed by atoms with Crippen molar-refractivity contribution in [2.45, 2.75) is 57.2 Å². The first-order valence-electron chi connectivity index (χ1n) is 10.5. The Morgan fingerprint density at radius 3 is 2.38 bits per heavy atom. The first-order chi connectivity index (χ1) is 13.6. The monoisotopic (exact) mass is 514 g/mol. The molecule has 162 valence electrons. The van der Waals surface area contributed by atoms with Crippen LogP contribution in [0, 0.1) is 0 Å². The van der Waals surface area contributed by atoms with Gasteiger partial charge in [-0.1, -0.05) is 18.9 Å². The Hall–Kier alpha value is -1.42. The lowest BCUT2D eigenvalue weighted by Gasteiger charge is -2.33. The number of amides is 1. The highest BCUT2D eigenvalue weighted by Crippen LogP contribution is 2.18. The minimum absolute atomic E-state index is 0. The van der Waals surface area contributed by atoms with Crippen LogP contribution in [0.3, 0.4) is 0 Å². The van der Waals surface area contributed by atoms with Gasteiger partial charge in [0.25, 0.3) is 0 Å². The van der Waals surface area contributed by atoms with Crippen LogP contribution in [0.5, 0.6) is 0 Å². The molecule has 2 aliphatic rings. The number of piperidine rings is 1. The Morgan fingerprint density at radius 1 is 1.14 bits per heavy atom. The van der Waals surface area contributed by atoms with Gasteiger partial charge >= 0.3 is 0 Å². The number of pyridine rings is 1. The summed E-state index contributed by atoms with van der Waals surface area (Å²) in [6.07, 6.45) is 8.91. The van der Waals surface area contributed by atoms with Crippen LogP contribution in [0.4, 0.5) is 0 Å². The predicted molar refractivity (Wildman–Crippen MR) is 127 cm³/mol. The number of likely N-dealkylation sites (tertiary alicyclic amines) is 1. The van der Waals surface area contributed by atoms with Crippen LogP contribution >= 0.6 is 24.0 Å². The molecule has 3 rings (SSSR count). The van der Waals surface area contributed by atoms with E-state index in [0.717, 1.165) is 44.1 Å². The molecule has 1 aromatic heterocycles. The molecule has 2 heterocycles. The van der Waals surface area contributed by atoms with Gasteiger partial charge in [-0.15, -0.1) is 24.0 Å². The molecule has 1 saturated carbocycles. The average molecular weight is 514 g/mol. The summed E-state index contributed by atoms with van der Waals surface area (Å²) in [5, 5.41) is 7.14. The van der Waals surface area contributed by atoms with Gasteiger partial charge in [-0.3, -0.25) is 14.7 Å². The maximum atomic E-state index is 11.9. The van der Waals surface area contributed by atoms with Crippen LogP contribution in [-0.2, 0) is 11.3 Å². The number of likely N-dealkylation sites (N-methyl/N-ethyl adjacent to an activating group) is 1. The summed E-state index contributed by atoms with van der Waals surface area (Å²) < 4.78 is 0. The molecular weight excluding hydrogens is 479 g/mol. The number of carbonyl (C=O) groups is 1. The zero-order valence-electron chi connectivity index (χ0n) is 17.6. The zero-order valence-corrected chi connectivity index (χ0v) is 20.0. The predicted octanol–water partition coefficient (Wildman–Crippen LogP) is 2.23. The summed E-state index contributed by atoms with van der Waals surface area (Å²) in [7, 11) is 3.54. The molecule has 0 unspecified atom stereocenters. The molecule has 1 aromatic rings. The number of nitrogens with zero attached hydrogens (tertiary/aromatic N) is 4. The van der Waals surface area contributed by atoms with Crippen molar-refractivity contribution in [1.82, 2.24) is 25.4 Å². The Bertz CT molecular complexity index is 640. The number of aromatic nitrogens is 1. The van der Waals surface area contributed by atoms with Crippen molar-refractivity contribution in [3.63, 3.8) is 0 Å². The third-order valence-corrected chi connectivity index (χ3v) is 5.61. The molecule has 0 radical (unpaired) electrons. The number of nitrogens with one attached hydrogen (secondary N) is 2. The standard InChI is InChI=1S/C21H34N6O.HI/c1-26(2)20(28)15-23-21(24-17-7-3-4-8-17)25-18-10-13-27(14-11-18)16-19-9-5-6-12-22-19;/h5-6,9,12,17-18H,3-4,7-8,10-11,13-16H2,1-2H3,(H2,23,24,25);1H. The summed E-state index contributed by atoms with van der Waals surface area (Å²) >= 11 is 0. The molecule has 8 heteroatoms. The van der Waals surface area contributed by atoms with E-state index in [-0.39, 0.29) is 36.4 Å². The van der Waals surface area contributed by atoms with E-state index >= 15 is 0 Å². The van der Waals surface area contributed by atoms with Crippen LogP contribution in [0.2, 0.25) is 0 Å². The largest absolute Gasteiger partial charge is 0.354 e. The lowest BCUT2D eigenvalue weighted by Crippen LogP contribution is -2.50. The van der Waals surface area contributed by atoms with Gasteiger partial charge in [0, 0.05) is 52.0 Å². The molecule has 7 nitrogen and oxygen atoms in total. The van der Waals surface area contributed by atoms with Crippen molar-refractivity contribution < 1.29 is 4.79 Å². The first kappa shape index (κ1) is 23.9. The quantitative estimate of drug-likeness (QED) is 0.346. The Balaban J connectivity index is 0.00000300. The van der Waals surface area contributed by atoms with Crippen molar-refractivity contribution in [1.29, 1.82) is 0 Å². The molecule has 1 aliphatic heterocycles. The van der Waals surface area contributed by atoms with Gasteiger partial charge in [-0.05, 0) is 37.8 Å². The van der Waals surface area contributed by atoms with E-state index in [9.17, 15) is 4.79 Å². The number of hydrogen-bond donors (Lipinski definition) is 2. The highest BCUT2D eigenvalue weighted by Gasteiger charge is 2.22. The molecular formula is C21H35IN6O. The van der Waals surface area contributed by atoms with Crippen molar-refractivity contribution in [2.75, 3.05) is 33.7 Å². The van der Waals surface area contributed by atoms with Gasteiger partial charge < -0.3 is 15.5 Å². The first-order valence-corrected chi connectivity index (χ1v) is 10.5. The molecule has 2 N–H and O–H groups in total. The van der Waals surface area contributed by atoms with Crippen LogP contribution < -0.4 is 10.6 Å². The Labute approximate surface area is 191 Å². The molecule has 0 atom stereocenters. The van der Waals surface area contributed by atoms with Gasteiger partial charge in [0.1, 0.15) is 6.54 Å². The lowest BCUT2D eigenvalue weighted by molar-refractivity contribution is -0.127. The fourth-order valence-electron chi connectivity index (χ4n) is 3.83. The highest BCUT2D eigenvalue weighted by atomic mass is 127. The zero-order chi connectivity index (χ0) is 19.8. The van der Waals surface area contributed by atoms with Gasteiger partial charge in [0.15, 0.2) is 5.96 Å². The molecule has 1 saturated heterocycles. The fraction of sp³-hybridized carbons (Fsp3) is 0.667. The van der Waals surface area contributed by atoms with E-state index in [0.29, 0.717) is 12.1 Å². The summed E-state index contributed by atoms with van der Waals surface area (Å²) in [6.45, 7) is 3.18. The number of hydrogen-bond acceptors (Lipinski definition) is 4. The van der Waals surface area contributed by atoms with Crippen LogP contribution in [0.25, 0.3) is 0 Å². The molecule has 2 fully saturated rings. The van der Waals surface area contributed by atoms with E-state index in [1.54, 1.807) is 19.0 Å². The van der Waals surface area contributed by atoms with E-state index < -0.39 is 0 Å². The average Bonchev–Trinajstić information content (AvgIpc) is 3.21. The Morgan fingerprint density at radius 2 is 1.79 bits per heavy atom. The van der Waals surface area contributed by atoms with Crippen molar-refractivity contribution >= 4 is 35.8 Å². The molecule has 0 spiro atoms. The SMILES string of the molecule is CN(C)C(=O)CN=C(NC1CCCC1)NC1CCN(Cc2ccccn2)CC1.I. The van der Waals surface area contributed by atoms with E-state index in [1.807, 2.05) is 18.3 Å². The minimum atomic E-state index is 0. The van der Waals surface area contributed by atoms with Crippen LogP contribution in [0.1, 0.15) is 44.2 Å². The molecule has 29 heavy (non-hydrogen) atoms. The van der Waals surface area contributed by atoms with Crippen molar-refractivity contribution in [3.05, 3.63) is 30.1 Å². The second-order valence-electron chi connectivity index (χ2n) is 8.09. The van der Waals surface area contributed by atoms with E-state index in [1.165, 1.54) is 25.7 Å². The summed E-state index contributed by atoms with van der Waals surface area (Å²) in [5.41, 5.74) is 1.13. The molecule has 1 amide bonds. The van der Waals surface area contributed by atoms with Crippen molar-refractivity contribution in [3.8, 4) is 0 Å². The summed E-state index contributed by atoms with van der Waals surface area (Å²) in [5.74, 6) is 0.822. The second kappa shape index (κ2) is 12.3. The molecule has 0 aromatic carbocycles. The van der Waals surface area contributed by atoms with E-state index in [2.05, 4.69) is 31.6 Å². The van der Waals surface area contributed by atoms with Crippen LogP contribution in [0.15, 0.2) is 29.4 Å². The van der Waals surface area contributed by atoms with Gasteiger partial charge in [-0.2, -0.15) is 0 Å². The number of rotatable bonds is 6. The smallest absolute Gasteiger partial charge is 0.243 e. The van der Waals surface area contributed by atoms with Gasteiger partial charge in [0.2, 0.25) is 5.91 Å². The number of carbonyl (C=O) groups excluding carboxylic acids is 1. The third kappa shape index (κ3) is 8.08. The van der Waals surface area contributed by atoms with Crippen LogP contribution in [-0.4, -0.2) is 72.5 Å². The minimum Gasteiger partial charge on any atom is -0.354 e. The molecule has 0 bridgehead atoms. The summed E-state index contributed by atoms with van der Waals surface area (Å²) in [6, 6.07) is 6.96. The Kier molecular flexibility index (Phi) is 10.1. The van der Waals surface area contributed by atoms with E-state index in [4.69, 9.17) is 0 Å².